The summed E-state index contributed by atoms with van der Waals surface area (Å²) in [6.07, 6.45) is 2.99. The zero-order valence-electron chi connectivity index (χ0n) is 13.9. The van der Waals surface area contributed by atoms with E-state index in [1.54, 1.807) is 0 Å². The Morgan fingerprint density at radius 1 is 1.04 bits per heavy atom. The predicted molar refractivity (Wildman–Crippen MR) is 101 cm³/mol. The molecule has 1 saturated heterocycles. The number of benzene rings is 2. The van der Waals surface area contributed by atoms with Crippen molar-refractivity contribution in [2.45, 2.75) is 37.9 Å². The van der Waals surface area contributed by atoms with E-state index in [1.807, 2.05) is 41.3 Å². The Balaban J connectivity index is 1.48. The van der Waals surface area contributed by atoms with Crippen LogP contribution in [0.1, 0.15) is 36.4 Å². The Kier molecular flexibility index (Phi) is 4.72. The molecule has 0 N–H and O–H groups in total. The van der Waals surface area contributed by atoms with Gasteiger partial charge in [0.2, 0.25) is 5.91 Å². The van der Waals surface area contributed by atoms with E-state index in [-0.39, 0.29) is 11.9 Å². The molecule has 5 heteroatoms. The summed E-state index contributed by atoms with van der Waals surface area (Å²) in [7, 11) is 0. The minimum absolute atomic E-state index is 0.198. The van der Waals surface area contributed by atoms with Crippen molar-refractivity contribution in [2.75, 3.05) is 6.67 Å². The first-order chi connectivity index (χ1) is 12.1. The van der Waals surface area contributed by atoms with Gasteiger partial charge in [0.15, 0.2) is 0 Å². The Morgan fingerprint density at radius 3 is 2.44 bits per heavy atom. The van der Waals surface area contributed by atoms with Crippen LogP contribution in [0.2, 0.25) is 10.0 Å². The lowest BCUT2D eigenvalue weighted by molar-refractivity contribution is -0.150. The van der Waals surface area contributed by atoms with Crippen LogP contribution in [0.3, 0.4) is 0 Å². The van der Waals surface area contributed by atoms with Crippen molar-refractivity contribution >= 4 is 29.1 Å². The van der Waals surface area contributed by atoms with Crippen molar-refractivity contribution in [1.29, 1.82) is 0 Å². The van der Waals surface area contributed by atoms with Gasteiger partial charge >= 0.3 is 0 Å². The average Bonchev–Trinajstić information content (AvgIpc) is 3.45. The van der Waals surface area contributed by atoms with Crippen LogP contribution in [0, 0.1) is 0 Å². The number of nitrogens with zero attached hydrogens (tertiary/aromatic N) is 2. The molecule has 0 unspecified atom stereocenters. The first-order valence-corrected chi connectivity index (χ1v) is 9.40. The van der Waals surface area contributed by atoms with Gasteiger partial charge in [-0.15, -0.1) is 0 Å². The minimum Gasteiger partial charge on any atom is -0.322 e. The summed E-state index contributed by atoms with van der Waals surface area (Å²) in [6, 6.07) is 16.8. The maximum Gasteiger partial charge on any atom is 0.226 e. The van der Waals surface area contributed by atoms with Crippen molar-refractivity contribution in [3.05, 3.63) is 69.7 Å². The summed E-state index contributed by atoms with van der Waals surface area (Å²) in [5, 5.41) is 1.16. The number of hydrogen-bond donors (Lipinski definition) is 0. The molecular weight excluding hydrogens is 355 g/mol. The van der Waals surface area contributed by atoms with E-state index in [2.05, 4.69) is 17.0 Å². The molecule has 1 amide bonds. The molecule has 0 radical (unpaired) electrons. The normalized spacial score (nSPS) is 20.0. The van der Waals surface area contributed by atoms with Crippen molar-refractivity contribution in [1.82, 2.24) is 9.80 Å². The molecule has 1 heterocycles. The molecule has 1 saturated carbocycles. The Labute approximate surface area is 158 Å². The van der Waals surface area contributed by atoms with E-state index >= 15 is 0 Å². The van der Waals surface area contributed by atoms with Gasteiger partial charge in [0.25, 0.3) is 0 Å². The molecule has 2 aliphatic rings. The van der Waals surface area contributed by atoms with Crippen LogP contribution in [0.5, 0.6) is 0 Å². The highest BCUT2D eigenvalue weighted by molar-refractivity contribution is 6.42. The quantitative estimate of drug-likeness (QED) is 0.672. The topological polar surface area (TPSA) is 23.6 Å². The number of halogens is 2. The molecule has 0 bridgehead atoms. The lowest BCUT2D eigenvalue weighted by Gasteiger charge is -2.43. The Hall–Kier alpha value is -1.55. The maximum atomic E-state index is 12.2. The summed E-state index contributed by atoms with van der Waals surface area (Å²) in [4.78, 5) is 16.6. The fourth-order valence-corrected chi connectivity index (χ4v) is 3.73. The monoisotopic (exact) mass is 374 g/mol. The molecule has 4 rings (SSSR count). The van der Waals surface area contributed by atoms with E-state index in [1.165, 1.54) is 18.4 Å². The number of rotatable bonds is 6. The third-order valence-electron chi connectivity index (χ3n) is 5.02. The third kappa shape index (κ3) is 3.69. The van der Waals surface area contributed by atoms with Gasteiger partial charge in [0.1, 0.15) is 0 Å². The van der Waals surface area contributed by atoms with Crippen LogP contribution < -0.4 is 0 Å². The molecule has 0 aromatic heterocycles. The first kappa shape index (κ1) is 16.9. The number of β-lactam (4-membered cyclic amide) rings is 1. The second-order valence-electron chi connectivity index (χ2n) is 6.86. The van der Waals surface area contributed by atoms with Crippen LogP contribution in [0.15, 0.2) is 48.5 Å². The third-order valence-corrected chi connectivity index (χ3v) is 5.75. The van der Waals surface area contributed by atoms with E-state index in [4.69, 9.17) is 23.2 Å². The van der Waals surface area contributed by atoms with Gasteiger partial charge in [0.05, 0.1) is 29.2 Å². The largest absolute Gasteiger partial charge is 0.322 e. The molecule has 25 heavy (non-hydrogen) atoms. The number of amides is 1. The molecule has 3 nitrogen and oxygen atoms in total. The second kappa shape index (κ2) is 6.99. The van der Waals surface area contributed by atoms with Crippen LogP contribution in [-0.4, -0.2) is 28.4 Å². The van der Waals surface area contributed by atoms with Crippen molar-refractivity contribution in [3.8, 4) is 0 Å². The van der Waals surface area contributed by atoms with Gasteiger partial charge in [-0.05, 0) is 36.1 Å². The van der Waals surface area contributed by atoms with Crippen molar-refractivity contribution in [3.63, 3.8) is 0 Å². The summed E-state index contributed by atoms with van der Waals surface area (Å²) >= 11 is 12.2. The van der Waals surface area contributed by atoms with Gasteiger partial charge in [0, 0.05) is 12.6 Å². The maximum absolute atomic E-state index is 12.2. The Bertz CT molecular complexity index is 777. The molecule has 2 aromatic rings. The van der Waals surface area contributed by atoms with E-state index < -0.39 is 0 Å². The van der Waals surface area contributed by atoms with E-state index in [0.29, 0.717) is 29.2 Å². The highest BCUT2D eigenvalue weighted by Gasteiger charge is 2.40. The standard InChI is InChI=1S/C20H20Cl2N2O/c21-17-9-6-14(10-18(17)22)12-23(16-7-8-16)13-24-19(11-20(24)25)15-4-2-1-3-5-15/h1-6,9-10,16,19H,7-8,11-13H2/t19-/m0/s1. The minimum atomic E-state index is 0.198. The van der Waals surface area contributed by atoms with Gasteiger partial charge in [-0.25, -0.2) is 0 Å². The predicted octanol–water partition coefficient (Wildman–Crippen LogP) is 4.89. The molecular formula is C20H20Cl2N2O. The molecule has 2 fully saturated rings. The highest BCUT2D eigenvalue weighted by atomic mass is 35.5. The van der Waals surface area contributed by atoms with Crippen LogP contribution >= 0.6 is 23.2 Å². The molecule has 1 aliphatic carbocycles. The summed E-state index contributed by atoms with van der Waals surface area (Å²) in [5.74, 6) is 0.230. The molecule has 1 atom stereocenters. The lowest BCUT2D eigenvalue weighted by atomic mass is 9.94. The summed E-state index contributed by atoms with van der Waals surface area (Å²) in [5.41, 5.74) is 2.35. The molecule has 130 valence electrons. The van der Waals surface area contributed by atoms with Crippen LogP contribution in [-0.2, 0) is 11.3 Å². The fourth-order valence-electron chi connectivity index (χ4n) is 3.41. The zero-order chi connectivity index (χ0) is 17.4. The Morgan fingerprint density at radius 2 is 1.80 bits per heavy atom. The van der Waals surface area contributed by atoms with Crippen LogP contribution in [0.25, 0.3) is 0 Å². The van der Waals surface area contributed by atoms with Crippen LogP contribution in [0.4, 0.5) is 0 Å². The van der Waals surface area contributed by atoms with Gasteiger partial charge < -0.3 is 4.90 Å². The van der Waals surface area contributed by atoms with Gasteiger partial charge in [-0.3, -0.25) is 9.69 Å². The van der Waals surface area contributed by atoms with Gasteiger partial charge in [-0.1, -0.05) is 59.6 Å². The number of likely N-dealkylation sites (tertiary alicyclic amines) is 1. The molecule has 2 aromatic carbocycles. The summed E-state index contributed by atoms with van der Waals surface area (Å²) in [6.45, 7) is 1.45. The number of hydrogen-bond acceptors (Lipinski definition) is 2. The SMILES string of the molecule is O=C1C[C@@H](c2ccccc2)N1CN(Cc1ccc(Cl)c(Cl)c1)C1CC1. The highest BCUT2D eigenvalue weighted by Crippen LogP contribution is 2.37. The number of carbonyl (C=O) groups is 1. The van der Waals surface area contributed by atoms with E-state index in [9.17, 15) is 4.79 Å². The fraction of sp³-hybridized carbons (Fsp3) is 0.350. The number of carbonyl (C=O) groups excluding carboxylic acids is 1. The zero-order valence-corrected chi connectivity index (χ0v) is 15.4. The molecule has 0 spiro atoms. The van der Waals surface area contributed by atoms with Crippen molar-refractivity contribution in [2.24, 2.45) is 0 Å². The van der Waals surface area contributed by atoms with Gasteiger partial charge in [-0.2, -0.15) is 0 Å². The van der Waals surface area contributed by atoms with E-state index in [0.717, 1.165) is 12.1 Å². The molecule has 1 aliphatic heterocycles. The first-order valence-electron chi connectivity index (χ1n) is 8.64. The second-order valence-corrected chi connectivity index (χ2v) is 7.68. The lowest BCUT2D eigenvalue weighted by Crippen LogP contribution is -2.51. The smallest absolute Gasteiger partial charge is 0.226 e. The average molecular weight is 375 g/mol. The summed E-state index contributed by atoms with van der Waals surface area (Å²) < 4.78 is 0. The van der Waals surface area contributed by atoms with Crippen molar-refractivity contribution < 1.29 is 4.79 Å².